The van der Waals surface area contributed by atoms with Crippen LogP contribution in [0.5, 0.6) is 0 Å². The number of alkyl carbamates (subject to hydrolysis) is 1. The van der Waals surface area contributed by atoms with Crippen LogP contribution in [0.15, 0.2) is 48.5 Å². The highest BCUT2D eigenvalue weighted by molar-refractivity contribution is 5.96. The first kappa shape index (κ1) is 22.5. The van der Waals surface area contributed by atoms with Gasteiger partial charge in [0.15, 0.2) is 0 Å². The van der Waals surface area contributed by atoms with Gasteiger partial charge in [-0.25, -0.2) is 4.79 Å². The van der Waals surface area contributed by atoms with Gasteiger partial charge in [-0.15, -0.1) is 0 Å². The Morgan fingerprint density at radius 3 is 2.28 bits per heavy atom. The highest BCUT2D eigenvalue weighted by Crippen LogP contribution is 2.21. The lowest BCUT2D eigenvalue weighted by Crippen LogP contribution is -2.40. The maximum absolute atomic E-state index is 12.9. The molecular weight excluding hydrogens is 364 g/mol. The number of rotatable bonds is 6. The zero-order chi connectivity index (χ0) is 21.6. The molecule has 5 nitrogen and oxygen atoms in total. The molecule has 0 unspecified atom stereocenters. The molecule has 2 N–H and O–H groups in total. The Bertz CT molecular complexity index is 839. The number of carbonyl (C=O) groups excluding carboxylic acids is 2. The first-order chi connectivity index (χ1) is 13.6. The van der Waals surface area contributed by atoms with Gasteiger partial charge in [0.25, 0.3) is 5.91 Å². The van der Waals surface area contributed by atoms with Gasteiger partial charge in [0.05, 0.1) is 6.04 Å². The van der Waals surface area contributed by atoms with Gasteiger partial charge in [0.1, 0.15) is 5.60 Å². The summed E-state index contributed by atoms with van der Waals surface area (Å²) in [5.41, 5.74) is 3.01. The second-order valence-corrected chi connectivity index (χ2v) is 8.56. The van der Waals surface area contributed by atoms with Gasteiger partial charge >= 0.3 is 6.09 Å². The van der Waals surface area contributed by atoms with Crippen molar-refractivity contribution in [1.29, 1.82) is 0 Å². The van der Waals surface area contributed by atoms with Crippen molar-refractivity contribution in [2.24, 2.45) is 0 Å². The first-order valence-electron chi connectivity index (χ1n) is 10.00. The van der Waals surface area contributed by atoms with E-state index in [9.17, 15) is 9.59 Å². The average molecular weight is 397 g/mol. The molecule has 0 heterocycles. The minimum atomic E-state index is -0.595. The quantitative estimate of drug-likeness (QED) is 0.713. The van der Waals surface area contributed by atoms with Crippen molar-refractivity contribution in [3.63, 3.8) is 0 Å². The number of aryl methyl sites for hydroxylation is 1. The van der Waals surface area contributed by atoms with Gasteiger partial charge < -0.3 is 15.4 Å². The van der Waals surface area contributed by atoms with Crippen LogP contribution in [0.4, 0.5) is 4.79 Å². The minimum Gasteiger partial charge on any atom is -0.444 e. The number of hydrogen-bond donors (Lipinski definition) is 2. The van der Waals surface area contributed by atoms with E-state index in [-0.39, 0.29) is 18.4 Å². The lowest BCUT2D eigenvalue weighted by Gasteiger charge is -2.24. The van der Waals surface area contributed by atoms with E-state index in [4.69, 9.17) is 4.74 Å². The largest absolute Gasteiger partial charge is 0.444 e. The molecule has 0 fully saturated rings. The number of benzene rings is 2. The molecule has 156 valence electrons. The summed E-state index contributed by atoms with van der Waals surface area (Å²) in [4.78, 5) is 25.2. The standard InChI is InChI=1S/C24H32N2O3/c1-16(2)19-13-12-17(3)14-20(19)22(27)25-15-21(18-10-8-7-9-11-18)26-23(28)29-24(4,5)6/h7-14,16,21H,15H2,1-6H3,(H,25,27)(H,26,28)/t21-/m1/s1. The van der Waals surface area contributed by atoms with E-state index >= 15 is 0 Å². The number of ether oxygens (including phenoxy) is 1. The lowest BCUT2D eigenvalue weighted by molar-refractivity contribution is 0.0501. The maximum Gasteiger partial charge on any atom is 0.408 e. The van der Waals surface area contributed by atoms with Gasteiger partial charge in [0, 0.05) is 12.1 Å². The molecule has 0 bridgehead atoms. The van der Waals surface area contributed by atoms with Crippen molar-refractivity contribution in [2.45, 2.75) is 59.1 Å². The van der Waals surface area contributed by atoms with Crippen LogP contribution in [-0.4, -0.2) is 24.1 Å². The summed E-state index contributed by atoms with van der Waals surface area (Å²) in [5, 5.41) is 5.85. The van der Waals surface area contributed by atoms with E-state index < -0.39 is 17.7 Å². The summed E-state index contributed by atoms with van der Waals surface area (Å²) in [7, 11) is 0. The molecule has 1 atom stereocenters. The molecule has 2 rings (SSSR count). The van der Waals surface area contributed by atoms with Crippen LogP contribution in [0.3, 0.4) is 0 Å². The van der Waals surface area contributed by atoms with Crippen LogP contribution in [0.1, 0.15) is 73.6 Å². The second kappa shape index (κ2) is 9.59. The lowest BCUT2D eigenvalue weighted by atomic mass is 9.95. The minimum absolute atomic E-state index is 0.149. The van der Waals surface area contributed by atoms with Gasteiger partial charge in [-0.2, -0.15) is 0 Å². The molecule has 2 amide bonds. The molecule has 0 aliphatic rings. The molecule has 0 saturated heterocycles. The summed E-state index contributed by atoms with van der Waals surface area (Å²) >= 11 is 0. The molecule has 0 aliphatic heterocycles. The Balaban J connectivity index is 2.17. The molecule has 2 aromatic carbocycles. The summed E-state index contributed by atoms with van der Waals surface area (Å²) in [6.07, 6.45) is -0.515. The van der Waals surface area contributed by atoms with Gasteiger partial charge in [0.2, 0.25) is 0 Å². The van der Waals surface area contributed by atoms with Crippen LogP contribution in [0, 0.1) is 6.92 Å². The van der Waals surface area contributed by atoms with Crippen molar-refractivity contribution in [3.05, 3.63) is 70.8 Å². The topological polar surface area (TPSA) is 67.4 Å². The van der Waals surface area contributed by atoms with Gasteiger partial charge in [-0.05, 0) is 50.8 Å². The number of amides is 2. The van der Waals surface area contributed by atoms with E-state index in [0.29, 0.717) is 5.56 Å². The Morgan fingerprint density at radius 2 is 1.69 bits per heavy atom. The Labute approximate surface area is 173 Å². The average Bonchev–Trinajstić information content (AvgIpc) is 2.63. The normalized spacial score (nSPS) is 12.4. The van der Waals surface area contributed by atoms with Gasteiger partial charge in [-0.1, -0.05) is 61.9 Å². The van der Waals surface area contributed by atoms with Crippen molar-refractivity contribution < 1.29 is 14.3 Å². The van der Waals surface area contributed by atoms with Crippen LogP contribution in [0.2, 0.25) is 0 Å². The molecule has 2 aromatic rings. The predicted octanol–water partition coefficient (Wildman–Crippen LogP) is 5.11. The highest BCUT2D eigenvalue weighted by Gasteiger charge is 2.22. The predicted molar refractivity (Wildman–Crippen MR) is 116 cm³/mol. The van der Waals surface area contributed by atoms with Crippen LogP contribution in [-0.2, 0) is 4.74 Å². The molecule has 0 aliphatic carbocycles. The van der Waals surface area contributed by atoms with Crippen molar-refractivity contribution in [2.75, 3.05) is 6.54 Å². The fraction of sp³-hybridized carbons (Fsp3) is 0.417. The summed E-state index contributed by atoms with van der Waals surface area (Å²) < 4.78 is 5.38. The highest BCUT2D eigenvalue weighted by atomic mass is 16.6. The third-order valence-electron chi connectivity index (χ3n) is 4.44. The van der Waals surface area contributed by atoms with Crippen LogP contribution >= 0.6 is 0 Å². The van der Waals surface area contributed by atoms with Crippen LogP contribution < -0.4 is 10.6 Å². The third kappa shape index (κ3) is 6.93. The van der Waals surface area contributed by atoms with Crippen molar-refractivity contribution >= 4 is 12.0 Å². The molecular formula is C24H32N2O3. The van der Waals surface area contributed by atoms with Gasteiger partial charge in [-0.3, -0.25) is 4.79 Å². The van der Waals surface area contributed by atoms with E-state index in [0.717, 1.165) is 16.7 Å². The monoisotopic (exact) mass is 396 g/mol. The maximum atomic E-state index is 12.9. The van der Waals surface area contributed by atoms with E-state index in [2.05, 4.69) is 24.5 Å². The molecule has 29 heavy (non-hydrogen) atoms. The van der Waals surface area contributed by atoms with E-state index in [1.165, 1.54) is 0 Å². The Hall–Kier alpha value is -2.82. The molecule has 5 heteroatoms. The smallest absolute Gasteiger partial charge is 0.408 e. The SMILES string of the molecule is Cc1ccc(C(C)C)c(C(=O)NC[C@@H](NC(=O)OC(C)(C)C)c2ccccc2)c1. The second-order valence-electron chi connectivity index (χ2n) is 8.56. The first-order valence-corrected chi connectivity index (χ1v) is 10.00. The Morgan fingerprint density at radius 1 is 1.03 bits per heavy atom. The summed E-state index contributed by atoms with van der Waals surface area (Å²) in [6.45, 7) is 11.8. The Kier molecular flexibility index (Phi) is 7.43. The zero-order valence-corrected chi connectivity index (χ0v) is 18.2. The summed E-state index contributed by atoms with van der Waals surface area (Å²) in [6, 6.07) is 15.1. The van der Waals surface area contributed by atoms with Crippen molar-refractivity contribution in [1.82, 2.24) is 10.6 Å². The van der Waals surface area contributed by atoms with E-state index in [1.54, 1.807) is 0 Å². The van der Waals surface area contributed by atoms with Crippen molar-refractivity contribution in [3.8, 4) is 0 Å². The zero-order valence-electron chi connectivity index (χ0n) is 18.2. The number of carbonyl (C=O) groups is 2. The summed E-state index contributed by atoms with van der Waals surface area (Å²) in [5.74, 6) is 0.0884. The number of hydrogen-bond acceptors (Lipinski definition) is 3. The molecule has 0 spiro atoms. The van der Waals surface area contributed by atoms with Crippen LogP contribution in [0.25, 0.3) is 0 Å². The fourth-order valence-electron chi connectivity index (χ4n) is 3.05. The molecule has 0 aromatic heterocycles. The third-order valence-corrected chi connectivity index (χ3v) is 4.44. The molecule has 0 saturated carbocycles. The fourth-order valence-corrected chi connectivity index (χ4v) is 3.05. The molecule has 0 radical (unpaired) electrons. The van der Waals surface area contributed by atoms with E-state index in [1.807, 2.05) is 76.2 Å². The number of nitrogens with one attached hydrogen (secondary N) is 2.